The molecule has 0 saturated carbocycles. The van der Waals surface area contributed by atoms with E-state index >= 15 is 0 Å². The van der Waals surface area contributed by atoms with E-state index in [1.165, 1.54) is 0 Å². The predicted molar refractivity (Wildman–Crippen MR) is 74.8 cm³/mol. The highest BCUT2D eigenvalue weighted by Crippen LogP contribution is 2.45. The number of amides is 1. The first kappa shape index (κ1) is 14.3. The average molecular weight is 311 g/mol. The Bertz CT molecular complexity index is 692. The quantitative estimate of drug-likeness (QED) is 0.734. The van der Waals surface area contributed by atoms with Gasteiger partial charge in [0.2, 0.25) is 0 Å². The molecule has 114 valence electrons. The fourth-order valence-electron chi connectivity index (χ4n) is 2.75. The zero-order chi connectivity index (χ0) is 15.4. The van der Waals surface area contributed by atoms with Gasteiger partial charge < -0.3 is 4.74 Å². The SMILES string of the molecule is CC(C)(C)OC(=O)N1C2c3ccccc3CC2OS1(=O)=O. The Morgan fingerprint density at radius 2 is 2.00 bits per heavy atom. The van der Waals surface area contributed by atoms with Crippen LogP contribution in [0.3, 0.4) is 0 Å². The van der Waals surface area contributed by atoms with Crippen LogP contribution in [-0.4, -0.2) is 30.5 Å². The maximum atomic E-state index is 12.3. The minimum absolute atomic E-state index is 0.472. The lowest BCUT2D eigenvalue weighted by Crippen LogP contribution is -2.39. The maximum Gasteiger partial charge on any atom is 0.426 e. The van der Waals surface area contributed by atoms with Gasteiger partial charge in [-0.05, 0) is 31.9 Å². The Kier molecular flexibility index (Phi) is 3.04. The third-order valence-corrected chi connectivity index (χ3v) is 4.81. The van der Waals surface area contributed by atoms with Crippen LogP contribution in [0.5, 0.6) is 0 Å². The largest absolute Gasteiger partial charge is 0.443 e. The minimum atomic E-state index is -4.10. The van der Waals surface area contributed by atoms with Crippen molar-refractivity contribution in [3.8, 4) is 0 Å². The Morgan fingerprint density at radius 1 is 1.33 bits per heavy atom. The highest BCUT2D eigenvalue weighted by Gasteiger charge is 2.54. The van der Waals surface area contributed by atoms with Crippen LogP contribution in [0.2, 0.25) is 0 Å². The maximum absolute atomic E-state index is 12.3. The third kappa shape index (κ3) is 2.40. The zero-order valence-corrected chi connectivity index (χ0v) is 12.9. The van der Waals surface area contributed by atoms with Crippen molar-refractivity contribution in [2.75, 3.05) is 0 Å². The summed E-state index contributed by atoms with van der Waals surface area (Å²) in [5.74, 6) is 0. The summed E-state index contributed by atoms with van der Waals surface area (Å²) < 4.78 is 35.3. The van der Waals surface area contributed by atoms with Crippen LogP contribution in [0.15, 0.2) is 24.3 Å². The second-order valence-corrected chi connectivity index (χ2v) is 7.66. The summed E-state index contributed by atoms with van der Waals surface area (Å²) in [7, 11) is -4.10. The van der Waals surface area contributed by atoms with Crippen molar-refractivity contribution in [1.82, 2.24) is 4.31 Å². The first-order valence-electron chi connectivity index (χ1n) is 6.72. The van der Waals surface area contributed by atoms with Gasteiger partial charge in [0.05, 0.1) is 0 Å². The average Bonchev–Trinajstić information content (AvgIpc) is 2.76. The molecule has 21 heavy (non-hydrogen) atoms. The lowest BCUT2D eigenvalue weighted by molar-refractivity contribution is 0.0342. The van der Waals surface area contributed by atoms with E-state index in [-0.39, 0.29) is 0 Å². The van der Waals surface area contributed by atoms with Gasteiger partial charge in [-0.2, -0.15) is 12.7 Å². The molecule has 0 bridgehead atoms. The third-order valence-electron chi connectivity index (χ3n) is 3.46. The van der Waals surface area contributed by atoms with Gasteiger partial charge in [0.1, 0.15) is 17.7 Å². The van der Waals surface area contributed by atoms with Crippen molar-refractivity contribution in [2.45, 2.75) is 44.9 Å². The number of carbonyl (C=O) groups is 1. The minimum Gasteiger partial charge on any atom is -0.443 e. The van der Waals surface area contributed by atoms with Crippen LogP contribution >= 0.6 is 0 Å². The predicted octanol–water partition coefficient (Wildman–Crippen LogP) is 2.16. The van der Waals surface area contributed by atoms with Gasteiger partial charge in [-0.3, -0.25) is 0 Å². The summed E-state index contributed by atoms with van der Waals surface area (Å²) in [6.45, 7) is 5.07. The number of rotatable bonds is 0. The molecule has 2 unspecified atom stereocenters. The van der Waals surface area contributed by atoms with Crippen molar-refractivity contribution < 1.29 is 22.1 Å². The van der Waals surface area contributed by atoms with E-state index in [0.29, 0.717) is 6.42 Å². The summed E-state index contributed by atoms with van der Waals surface area (Å²) in [6.07, 6.45) is -0.994. The fourth-order valence-corrected chi connectivity index (χ4v) is 4.08. The molecule has 2 aliphatic rings. The first-order valence-corrected chi connectivity index (χ1v) is 8.09. The van der Waals surface area contributed by atoms with Crippen LogP contribution in [0.25, 0.3) is 0 Å². The molecule has 1 aromatic rings. The van der Waals surface area contributed by atoms with Crippen molar-refractivity contribution >= 4 is 16.4 Å². The van der Waals surface area contributed by atoms with Gasteiger partial charge in [-0.1, -0.05) is 24.3 Å². The molecule has 1 heterocycles. The summed E-state index contributed by atoms with van der Waals surface area (Å²) >= 11 is 0. The van der Waals surface area contributed by atoms with E-state index in [0.717, 1.165) is 15.4 Å². The molecule has 1 amide bonds. The second-order valence-electron chi connectivity index (χ2n) is 6.22. The highest BCUT2D eigenvalue weighted by molar-refractivity contribution is 7.85. The van der Waals surface area contributed by atoms with Crippen molar-refractivity contribution in [3.05, 3.63) is 35.4 Å². The molecule has 3 rings (SSSR count). The van der Waals surface area contributed by atoms with Crippen molar-refractivity contribution in [1.29, 1.82) is 0 Å². The molecular formula is C14H17NO5S. The Morgan fingerprint density at radius 3 is 2.67 bits per heavy atom. The van der Waals surface area contributed by atoms with E-state index in [2.05, 4.69) is 0 Å². The van der Waals surface area contributed by atoms with Gasteiger partial charge in [0, 0.05) is 6.42 Å². The monoisotopic (exact) mass is 311 g/mol. The lowest BCUT2D eigenvalue weighted by atomic mass is 10.1. The normalized spacial score (nSPS) is 26.3. The van der Waals surface area contributed by atoms with E-state index in [4.69, 9.17) is 8.92 Å². The lowest BCUT2D eigenvalue weighted by Gasteiger charge is -2.25. The molecule has 6 nitrogen and oxygen atoms in total. The van der Waals surface area contributed by atoms with E-state index in [1.807, 2.05) is 24.3 Å². The van der Waals surface area contributed by atoms with Crippen molar-refractivity contribution in [2.24, 2.45) is 0 Å². The van der Waals surface area contributed by atoms with E-state index in [1.54, 1.807) is 20.8 Å². The zero-order valence-electron chi connectivity index (χ0n) is 12.1. The van der Waals surface area contributed by atoms with E-state index < -0.39 is 34.1 Å². The standard InChI is InChI=1S/C14H17NO5S/c1-14(2,3)19-13(16)15-12-10-7-5-4-6-9(10)8-11(12)20-21(15,17)18/h4-7,11-12H,8H2,1-3H3. The Hall–Kier alpha value is -1.60. The molecule has 0 radical (unpaired) electrons. The number of hydrogen-bond donors (Lipinski definition) is 0. The molecule has 1 fully saturated rings. The summed E-state index contributed by atoms with van der Waals surface area (Å²) in [6, 6.07) is 6.80. The highest BCUT2D eigenvalue weighted by atomic mass is 32.2. The van der Waals surface area contributed by atoms with Crippen molar-refractivity contribution in [3.63, 3.8) is 0 Å². The number of fused-ring (bicyclic) bond motifs is 3. The summed E-state index contributed by atoms with van der Waals surface area (Å²) in [5, 5.41) is 0. The number of hydrogen-bond acceptors (Lipinski definition) is 5. The molecule has 1 saturated heterocycles. The van der Waals surface area contributed by atoms with Gasteiger partial charge >= 0.3 is 16.4 Å². The van der Waals surface area contributed by atoms with Crippen LogP contribution in [0.1, 0.15) is 37.9 Å². The van der Waals surface area contributed by atoms with Gasteiger partial charge in [-0.15, -0.1) is 0 Å². The second kappa shape index (κ2) is 4.45. The summed E-state index contributed by atoms with van der Waals surface area (Å²) in [4.78, 5) is 12.3. The smallest absolute Gasteiger partial charge is 0.426 e. The molecule has 7 heteroatoms. The van der Waals surface area contributed by atoms with Gasteiger partial charge in [0.25, 0.3) is 0 Å². The Labute approximate surface area is 123 Å². The number of ether oxygens (including phenoxy) is 1. The fraction of sp³-hybridized carbons (Fsp3) is 0.500. The molecule has 2 atom stereocenters. The van der Waals surface area contributed by atoms with Gasteiger partial charge in [0.15, 0.2) is 0 Å². The number of carbonyl (C=O) groups excluding carboxylic acids is 1. The molecule has 0 spiro atoms. The topological polar surface area (TPSA) is 72.9 Å². The molecule has 1 aromatic carbocycles. The van der Waals surface area contributed by atoms with Crippen LogP contribution in [0.4, 0.5) is 4.79 Å². The van der Waals surface area contributed by atoms with Gasteiger partial charge in [-0.25, -0.2) is 8.98 Å². The Balaban J connectivity index is 2.00. The molecule has 0 N–H and O–H groups in total. The van der Waals surface area contributed by atoms with E-state index in [9.17, 15) is 13.2 Å². The number of benzene rings is 1. The summed E-state index contributed by atoms with van der Waals surface area (Å²) in [5.41, 5.74) is 1.02. The van der Waals surface area contributed by atoms with Crippen LogP contribution in [0, 0.1) is 0 Å². The first-order chi connectivity index (χ1) is 9.69. The molecular weight excluding hydrogens is 294 g/mol. The molecule has 1 aliphatic carbocycles. The van der Waals surface area contributed by atoms with Crippen LogP contribution in [-0.2, 0) is 25.6 Å². The number of nitrogens with zero attached hydrogens (tertiary/aromatic N) is 1. The molecule has 1 aliphatic heterocycles. The van der Waals surface area contributed by atoms with Crippen LogP contribution < -0.4 is 0 Å². The molecule has 0 aromatic heterocycles.